The van der Waals surface area contributed by atoms with E-state index in [2.05, 4.69) is 15.9 Å². The highest BCUT2D eigenvalue weighted by Crippen LogP contribution is 2.26. The molecule has 6 heteroatoms. The van der Waals surface area contributed by atoms with Crippen molar-refractivity contribution in [1.29, 1.82) is 0 Å². The number of rotatable bonds is 2. The van der Waals surface area contributed by atoms with E-state index in [9.17, 15) is 9.59 Å². The quantitative estimate of drug-likeness (QED) is 0.761. The van der Waals surface area contributed by atoms with Gasteiger partial charge in [-0.3, -0.25) is 4.79 Å². The number of piperidine rings is 1. The topological polar surface area (TPSA) is 46.6 Å². The van der Waals surface area contributed by atoms with Gasteiger partial charge < -0.3 is 9.64 Å². The van der Waals surface area contributed by atoms with E-state index in [0.29, 0.717) is 23.6 Å². The van der Waals surface area contributed by atoms with Crippen LogP contribution in [0.4, 0.5) is 0 Å². The lowest BCUT2D eigenvalue weighted by molar-refractivity contribution is -0.147. The van der Waals surface area contributed by atoms with Gasteiger partial charge in [-0.1, -0.05) is 27.5 Å². The van der Waals surface area contributed by atoms with Crippen molar-refractivity contribution in [2.45, 2.75) is 25.3 Å². The second-order valence-corrected chi connectivity index (χ2v) is 5.98. The number of benzene rings is 1. The molecule has 0 radical (unpaired) electrons. The maximum atomic E-state index is 12.6. The zero-order valence-corrected chi connectivity index (χ0v) is 13.4. The van der Waals surface area contributed by atoms with Crippen LogP contribution in [0, 0.1) is 0 Å². The van der Waals surface area contributed by atoms with E-state index in [1.807, 2.05) is 0 Å². The Kier molecular flexibility index (Phi) is 5.05. The van der Waals surface area contributed by atoms with Crippen LogP contribution in [0.5, 0.6) is 0 Å². The first-order valence-electron chi connectivity index (χ1n) is 6.38. The molecule has 1 fully saturated rings. The van der Waals surface area contributed by atoms with E-state index in [4.69, 9.17) is 16.3 Å². The summed E-state index contributed by atoms with van der Waals surface area (Å²) in [4.78, 5) is 26.0. The van der Waals surface area contributed by atoms with Crippen LogP contribution in [-0.4, -0.2) is 36.5 Å². The summed E-state index contributed by atoms with van der Waals surface area (Å²) in [5.74, 6) is -0.601. The third-order valence-corrected chi connectivity index (χ3v) is 4.22. The molecule has 1 aliphatic heterocycles. The molecule has 20 heavy (non-hydrogen) atoms. The Morgan fingerprint density at radius 1 is 1.40 bits per heavy atom. The molecule has 0 N–H and O–H groups in total. The fourth-order valence-electron chi connectivity index (χ4n) is 2.37. The Hall–Kier alpha value is -1.07. The van der Waals surface area contributed by atoms with Crippen LogP contribution in [0.1, 0.15) is 29.6 Å². The number of nitrogens with zero attached hydrogens (tertiary/aromatic N) is 1. The molecule has 1 aromatic carbocycles. The number of esters is 1. The van der Waals surface area contributed by atoms with Crippen molar-refractivity contribution in [2.75, 3.05) is 13.7 Å². The number of methoxy groups -OCH3 is 1. The van der Waals surface area contributed by atoms with E-state index < -0.39 is 6.04 Å². The predicted octanol–water partition coefficient (Wildman–Crippen LogP) is 3.27. The molecule has 0 spiro atoms. The first-order chi connectivity index (χ1) is 9.54. The molecule has 2 rings (SSSR count). The predicted molar refractivity (Wildman–Crippen MR) is 79.8 cm³/mol. The Balaban J connectivity index is 2.30. The van der Waals surface area contributed by atoms with E-state index in [-0.39, 0.29) is 11.9 Å². The highest BCUT2D eigenvalue weighted by atomic mass is 79.9. The minimum atomic E-state index is -0.517. The number of likely N-dealkylation sites (tertiary alicyclic amines) is 1. The number of halogens is 2. The number of carbonyl (C=O) groups is 2. The third kappa shape index (κ3) is 3.15. The SMILES string of the molecule is COC(=O)[C@H]1CCCCN1C(=O)c1cc(Br)ccc1Cl. The first kappa shape index (κ1) is 15.3. The molecule has 4 nitrogen and oxygen atoms in total. The van der Waals surface area contributed by atoms with Crippen molar-refractivity contribution in [3.8, 4) is 0 Å². The normalized spacial score (nSPS) is 18.8. The van der Waals surface area contributed by atoms with Crippen molar-refractivity contribution in [3.05, 3.63) is 33.3 Å². The van der Waals surface area contributed by atoms with E-state index in [1.54, 1.807) is 23.1 Å². The summed E-state index contributed by atoms with van der Waals surface area (Å²) < 4.78 is 5.56. The molecular weight excluding hydrogens is 346 g/mol. The van der Waals surface area contributed by atoms with Gasteiger partial charge in [-0.25, -0.2) is 4.79 Å². The largest absolute Gasteiger partial charge is 0.467 e. The van der Waals surface area contributed by atoms with Crippen molar-refractivity contribution >= 4 is 39.4 Å². The van der Waals surface area contributed by atoms with Gasteiger partial charge in [0, 0.05) is 11.0 Å². The molecule has 1 heterocycles. The highest BCUT2D eigenvalue weighted by molar-refractivity contribution is 9.10. The molecule has 1 atom stereocenters. The Labute approximate surface area is 131 Å². The third-order valence-electron chi connectivity index (χ3n) is 3.40. The molecule has 1 aromatic rings. The van der Waals surface area contributed by atoms with Gasteiger partial charge >= 0.3 is 5.97 Å². The van der Waals surface area contributed by atoms with Crippen LogP contribution in [0.25, 0.3) is 0 Å². The summed E-state index contributed by atoms with van der Waals surface area (Å²) in [7, 11) is 1.34. The van der Waals surface area contributed by atoms with Crippen LogP contribution >= 0.6 is 27.5 Å². The van der Waals surface area contributed by atoms with Gasteiger partial charge in [0.25, 0.3) is 5.91 Å². The van der Waals surface area contributed by atoms with Crippen LogP contribution in [0.3, 0.4) is 0 Å². The Bertz CT molecular complexity index is 535. The lowest BCUT2D eigenvalue weighted by Gasteiger charge is -2.34. The molecule has 0 unspecified atom stereocenters. The molecule has 1 saturated heterocycles. The van der Waals surface area contributed by atoms with Crippen molar-refractivity contribution in [2.24, 2.45) is 0 Å². The average Bonchev–Trinajstić information content (AvgIpc) is 2.48. The van der Waals surface area contributed by atoms with Gasteiger partial charge in [0.1, 0.15) is 6.04 Å². The van der Waals surface area contributed by atoms with Gasteiger partial charge in [-0.05, 0) is 37.5 Å². The van der Waals surface area contributed by atoms with Crippen molar-refractivity contribution in [1.82, 2.24) is 4.90 Å². The van der Waals surface area contributed by atoms with E-state index in [0.717, 1.165) is 17.3 Å². The highest BCUT2D eigenvalue weighted by Gasteiger charge is 2.34. The van der Waals surface area contributed by atoms with Gasteiger partial charge in [-0.2, -0.15) is 0 Å². The summed E-state index contributed by atoms with van der Waals surface area (Å²) in [6.07, 6.45) is 2.42. The fourth-order valence-corrected chi connectivity index (χ4v) is 2.93. The average molecular weight is 361 g/mol. The van der Waals surface area contributed by atoms with Crippen LogP contribution in [0.2, 0.25) is 5.02 Å². The fraction of sp³-hybridized carbons (Fsp3) is 0.429. The van der Waals surface area contributed by atoms with E-state index in [1.165, 1.54) is 7.11 Å². The number of hydrogen-bond donors (Lipinski definition) is 0. The lowest BCUT2D eigenvalue weighted by atomic mass is 10.0. The summed E-state index contributed by atoms with van der Waals surface area (Å²) in [6, 6.07) is 4.59. The molecule has 1 aliphatic rings. The van der Waals surface area contributed by atoms with Gasteiger partial charge in [0.05, 0.1) is 17.7 Å². The molecule has 1 amide bonds. The summed E-state index contributed by atoms with van der Waals surface area (Å²) >= 11 is 9.41. The van der Waals surface area contributed by atoms with Gasteiger partial charge in [0.2, 0.25) is 0 Å². The number of carbonyl (C=O) groups excluding carboxylic acids is 2. The smallest absolute Gasteiger partial charge is 0.328 e. The molecule has 0 saturated carbocycles. The maximum Gasteiger partial charge on any atom is 0.328 e. The van der Waals surface area contributed by atoms with Crippen LogP contribution in [-0.2, 0) is 9.53 Å². The molecule has 108 valence electrons. The summed E-state index contributed by atoms with van der Waals surface area (Å²) in [6.45, 7) is 0.543. The second kappa shape index (κ2) is 6.59. The molecule has 0 bridgehead atoms. The monoisotopic (exact) mass is 359 g/mol. The Morgan fingerprint density at radius 2 is 2.15 bits per heavy atom. The van der Waals surface area contributed by atoms with Crippen molar-refractivity contribution < 1.29 is 14.3 Å². The summed E-state index contributed by atoms with van der Waals surface area (Å²) in [5.41, 5.74) is 0.400. The van der Waals surface area contributed by atoms with Crippen LogP contribution < -0.4 is 0 Å². The zero-order valence-electron chi connectivity index (χ0n) is 11.1. The molecule has 0 aromatic heterocycles. The van der Waals surface area contributed by atoms with E-state index >= 15 is 0 Å². The zero-order chi connectivity index (χ0) is 14.7. The number of ether oxygens (including phenoxy) is 1. The maximum absolute atomic E-state index is 12.6. The van der Waals surface area contributed by atoms with Crippen LogP contribution in [0.15, 0.2) is 22.7 Å². The van der Waals surface area contributed by atoms with Crippen molar-refractivity contribution in [3.63, 3.8) is 0 Å². The van der Waals surface area contributed by atoms with Gasteiger partial charge in [-0.15, -0.1) is 0 Å². The number of hydrogen-bond acceptors (Lipinski definition) is 3. The lowest BCUT2D eigenvalue weighted by Crippen LogP contribution is -2.48. The number of amides is 1. The standard InChI is InChI=1S/C14H15BrClNO3/c1-20-14(19)12-4-2-3-7-17(12)13(18)10-8-9(15)5-6-11(10)16/h5-6,8,12H,2-4,7H2,1H3/t12-/m1/s1. The molecular formula is C14H15BrClNO3. The minimum absolute atomic E-state index is 0.230. The molecule has 0 aliphatic carbocycles. The minimum Gasteiger partial charge on any atom is -0.467 e. The summed E-state index contributed by atoms with van der Waals surface area (Å²) in [5, 5.41) is 0.382. The second-order valence-electron chi connectivity index (χ2n) is 4.66. The first-order valence-corrected chi connectivity index (χ1v) is 7.55. The van der Waals surface area contributed by atoms with Gasteiger partial charge in [0.15, 0.2) is 0 Å². The Morgan fingerprint density at radius 3 is 2.85 bits per heavy atom.